The maximum Gasteiger partial charge on any atom is 0.276 e. The second-order valence-corrected chi connectivity index (χ2v) is 8.40. The Morgan fingerprint density at radius 2 is 1.46 bits per heavy atom. The number of amides is 1. The van der Waals surface area contributed by atoms with Gasteiger partial charge in [0.05, 0.1) is 18.1 Å². The Balaban J connectivity index is 1.11. The van der Waals surface area contributed by atoms with Crippen molar-refractivity contribution in [2.24, 2.45) is 0 Å². The van der Waals surface area contributed by atoms with Crippen LogP contribution in [0.3, 0.4) is 0 Å². The predicted molar refractivity (Wildman–Crippen MR) is 141 cm³/mol. The lowest BCUT2D eigenvalue weighted by Gasteiger charge is -2.07. The number of aryl methyl sites for hydroxylation is 1. The van der Waals surface area contributed by atoms with E-state index in [2.05, 4.69) is 34.6 Å². The Morgan fingerprint density at radius 3 is 2.16 bits per heavy atom. The van der Waals surface area contributed by atoms with Crippen LogP contribution in [0.4, 0.5) is 5.69 Å². The van der Waals surface area contributed by atoms with Gasteiger partial charge in [-0.2, -0.15) is 10.2 Å². The molecule has 0 unspecified atom stereocenters. The van der Waals surface area contributed by atoms with Crippen molar-refractivity contribution in [1.82, 2.24) is 19.6 Å². The lowest BCUT2D eigenvalue weighted by Crippen LogP contribution is -2.14. The van der Waals surface area contributed by atoms with Crippen LogP contribution in [0.25, 0.3) is 11.1 Å². The molecule has 0 saturated carbocycles. The molecule has 37 heavy (non-hydrogen) atoms. The van der Waals surface area contributed by atoms with Gasteiger partial charge in [0.15, 0.2) is 19.2 Å². The minimum absolute atomic E-state index is 0.187. The second kappa shape index (κ2) is 11.3. The number of aromatic nitrogens is 4. The van der Waals surface area contributed by atoms with Gasteiger partial charge in [-0.1, -0.05) is 61.5 Å². The first-order valence-corrected chi connectivity index (χ1v) is 12.0. The number of nitrogens with zero attached hydrogens (tertiary/aromatic N) is 4. The molecule has 5 rings (SSSR count). The molecule has 0 aliphatic heterocycles. The van der Waals surface area contributed by atoms with Crippen LogP contribution in [0.15, 0.2) is 104 Å². The Bertz CT molecular complexity index is 1440. The van der Waals surface area contributed by atoms with E-state index in [1.54, 1.807) is 34.0 Å². The summed E-state index contributed by atoms with van der Waals surface area (Å²) in [6.07, 6.45) is 5.96. The van der Waals surface area contributed by atoms with E-state index < -0.39 is 0 Å². The average molecular weight is 494 g/mol. The van der Waals surface area contributed by atoms with Crippen molar-refractivity contribution in [3.05, 3.63) is 115 Å². The summed E-state index contributed by atoms with van der Waals surface area (Å²) in [5, 5.41) is 11.4. The highest BCUT2D eigenvalue weighted by Crippen LogP contribution is 2.22. The van der Waals surface area contributed by atoms with Crippen molar-refractivity contribution in [2.45, 2.75) is 26.8 Å². The largest absolute Gasteiger partial charge is 0.471 e. The molecule has 0 radical (unpaired) electrons. The lowest BCUT2D eigenvalue weighted by molar-refractivity contribution is 0.102. The van der Waals surface area contributed by atoms with Crippen LogP contribution in [0.1, 0.15) is 23.0 Å². The van der Waals surface area contributed by atoms with Crippen molar-refractivity contribution >= 4 is 11.6 Å². The van der Waals surface area contributed by atoms with Gasteiger partial charge in [0.1, 0.15) is 11.5 Å². The zero-order valence-corrected chi connectivity index (χ0v) is 20.4. The highest BCUT2D eigenvalue weighted by atomic mass is 16.5. The minimum Gasteiger partial charge on any atom is -0.471 e. The molecule has 0 spiro atoms. The summed E-state index contributed by atoms with van der Waals surface area (Å²) in [5.74, 6) is 1.15. The number of ether oxygens (including phenoxy) is 2. The Labute approximate surface area is 215 Å². The number of carbonyl (C=O) groups is 1. The van der Waals surface area contributed by atoms with Crippen LogP contribution in [0.2, 0.25) is 0 Å². The monoisotopic (exact) mass is 493 g/mol. The molecule has 2 heterocycles. The van der Waals surface area contributed by atoms with E-state index in [1.165, 1.54) is 5.56 Å². The predicted octanol–water partition coefficient (Wildman–Crippen LogP) is 5.63. The third-order valence-corrected chi connectivity index (χ3v) is 5.78. The molecule has 8 nitrogen and oxygen atoms in total. The SMILES string of the molecule is CCc1ccc(OCn2cc(NC(=O)c3ccn(COc4ccc(-c5ccccc5)cc4)n3)cn2)cc1. The molecule has 1 N–H and O–H groups in total. The van der Waals surface area contributed by atoms with Crippen LogP contribution in [-0.2, 0) is 19.9 Å². The zero-order valence-electron chi connectivity index (χ0n) is 20.4. The standard InChI is InChI=1S/C29H27N5O3/c1-2-22-8-12-26(13-9-22)37-21-34-19-25(18-30-34)31-29(35)28-16-17-33(32-28)20-36-27-14-10-24(11-15-27)23-6-4-3-5-7-23/h3-19H,2,20-21H2,1H3,(H,31,35). The highest BCUT2D eigenvalue weighted by molar-refractivity contribution is 6.02. The Morgan fingerprint density at radius 1 is 0.811 bits per heavy atom. The number of rotatable bonds is 10. The normalized spacial score (nSPS) is 10.7. The first-order valence-electron chi connectivity index (χ1n) is 12.0. The van der Waals surface area contributed by atoms with Crippen LogP contribution in [0.5, 0.6) is 11.5 Å². The van der Waals surface area contributed by atoms with E-state index in [4.69, 9.17) is 9.47 Å². The van der Waals surface area contributed by atoms with Gasteiger partial charge in [0, 0.05) is 6.20 Å². The topological polar surface area (TPSA) is 83.2 Å². The Kier molecular flexibility index (Phi) is 7.26. The van der Waals surface area contributed by atoms with E-state index in [-0.39, 0.29) is 25.1 Å². The van der Waals surface area contributed by atoms with Crippen molar-refractivity contribution < 1.29 is 14.3 Å². The second-order valence-electron chi connectivity index (χ2n) is 8.40. The lowest BCUT2D eigenvalue weighted by atomic mass is 10.1. The fourth-order valence-electron chi connectivity index (χ4n) is 3.73. The molecule has 2 aromatic heterocycles. The summed E-state index contributed by atoms with van der Waals surface area (Å²) in [6, 6.07) is 27.6. The van der Waals surface area contributed by atoms with Crippen LogP contribution in [0, 0.1) is 0 Å². The summed E-state index contributed by atoms with van der Waals surface area (Å²) in [5.41, 5.74) is 4.35. The number of nitrogens with one attached hydrogen (secondary N) is 1. The van der Waals surface area contributed by atoms with E-state index in [0.29, 0.717) is 5.69 Å². The van der Waals surface area contributed by atoms with Gasteiger partial charge in [-0.3, -0.25) is 4.79 Å². The number of hydrogen-bond acceptors (Lipinski definition) is 5. The zero-order chi connectivity index (χ0) is 25.5. The quantitative estimate of drug-likeness (QED) is 0.272. The van der Waals surface area contributed by atoms with Gasteiger partial charge < -0.3 is 14.8 Å². The first kappa shape index (κ1) is 23.9. The fraction of sp³-hybridized carbons (Fsp3) is 0.138. The van der Waals surface area contributed by atoms with Crippen LogP contribution in [-0.4, -0.2) is 25.5 Å². The summed E-state index contributed by atoms with van der Waals surface area (Å²) < 4.78 is 14.7. The first-order chi connectivity index (χ1) is 18.2. The van der Waals surface area contributed by atoms with Crippen molar-refractivity contribution in [3.63, 3.8) is 0 Å². The number of benzene rings is 3. The van der Waals surface area contributed by atoms with Gasteiger partial charge >= 0.3 is 0 Å². The molecular weight excluding hydrogens is 466 g/mol. The van der Waals surface area contributed by atoms with Gasteiger partial charge in [-0.15, -0.1) is 0 Å². The van der Waals surface area contributed by atoms with Crippen LogP contribution < -0.4 is 14.8 Å². The number of anilines is 1. The molecule has 8 heteroatoms. The molecule has 0 aliphatic rings. The number of carbonyl (C=O) groups excluding carboxylic acids is 1. The van der Waals surface area contributed by atoms with Crippen molar-refractivity contribution in [3.8, 4) is 22.6 Å². The molecule has 0 fully saturated rings. The third kappa shape index (κ3) is 6.24. The average Bonchev–Trinajstić information content (AvgIpc) is 3.61. The molecule has 0 aliphatic carbocycles. The van der Waals surface area contributed by atoms with E-state index >= 15 is 0 Å². The molecule has 3 aromatic carbocycles. The van der Waals surface area contributed by atoms with Gasteiger partial charge in [-0.05, 0) is 53.4 Å². The molecule has 0 atom stereocenters. The highest BCUT2D eigenvalue weighted by Gasteiger charge is 2.11. The molecule has 0 saturated heterocycles. The summed E-state index contributed by atoms with van der Waals surface area (Å²) >= 11 is 0. The van der Waals surface area contributed by atoms with E-state index in [0.717, 1.165) is 29.0 Å². The maximum atomic E-state index is 12.6. The molecular formula is C29H27N5O3. The van der Waals surface area contributed by atoms with Gasteiger partial charge in [0.2, 0.25) is 0 Å². The maximum absolute atomic E-state index is 12.6. The summed E-state index contributed by atoms with van der Waals surface area (Å²) in [7, 11) is 0. The van der Waals surface area contributed by atoms with E-state index in [9.17, 15) is 4.79 Å². The fourth-order valence-corrected chi connectivity index (χ4v) is 3.73. The summed E-state index contributed by atoms with van der Waals surface area (Å²) in [6.45, 7) is 2.53. The van der Waals surface area contributed by atoms with Gasteiger partial charge in [0.25, 0.3) is 5.91 Å². The molecule has 0 bridgehead atoms. The van der Waals surface area contributed by atoms with Gasteiger partial charge in [-0.25, -0.2) is 9.36 Å². The molecule has 5 aromatic rings. The summed E-state index contributed by atoms with van der Waals surface area (Å²) in [4.78, 5) is 12.6. The third-order valence-electron chi connectivity index (χ3n) is 5.78. The minimum atomic E-state index is -0.332. The molecule has 1 amide bonds. The van der Waals surface area contributed by atoms with Crippen molar-refractivity contribution in [2.75, 3.05) is 5.32 Å². The van der Waals surface area contributed by atoms with Crippen LogP contribution >= 0.6 is 0 Å². The number of hydrogen-bond donors (Lipinski definition) is 1. The van der Waals surface area contributed by atoms with E-state index in [1.807, 2.05) is 66.7 Å². The molecule has 186 valence electrons. The Hall–Kier alpha value is -4.85. The van der Waals surface area contributed by atoms with Crippen molar-refractivity contribution in [1.29, 1.82) is 0 Å². The smallest absolute Gasteiger partial charge is 0.276 e.